The molecule has 0 aliphatic carbocycles. The second-order valence-corrected chi connectivity index (χ2v) is 4.80. The normalized spacial score (nSPS) is 17.2. The topological polar surface area (TPSA) is 71.5 Å². The summed E-state index contributed by atoms with van der Waals surface area (Å²) < 4.78 is 5.27. The Morgan fingerprint density at radius 2 is 2.38 bits per heavy atom. The maximum absolute atomic E-state index is 10.6. The third kappa shape index (κ3) is 2.93. The van der Waals surface area contributed by atoms with Crippen LogP contribution in [0, 0.1) is 5.92 Å². The summed E-state index contributed by atoms with van der Waals surface area (Å²) in [5, 5.41) is 12.6. The molecule has 88 valence electrons. The Labute approximate surface area is 97.5 Å². The van der Waals surface area contributed by atoms with Crippen LogP contribution in [0.15, 0.2) is 6.20 Å². The smallest absolute Gasteiger partial charge is 0.347 e. The molecular weight excluding hydrogens is 228 g/mol. The fourth-order valence-electron chi connectivity index (χ4n) is 1.64. The van der Waals surface area contributed by atoms with Crippen molar-refractivity contribution in [2.75, 3.05) is 25.1 Å². The number of thiazole rings is 1. The number of nitrogens with zero attached hydrogens (tertiary/aromatic N) is 1. The summed E-state index contributed by atoms with van der Waals surface area (Å²) in [6, 6.07) is 0. The number of hydrogen-bond donors (Lipinski definition) is 2. The minimum absolute atomic E-state index is 0.273. The van der Waals surface area contributed by atoms with Crippen LogP contribution in [0.2, 0.25) is 0 Å². The number of carboxylic acid groups (broad SMARTS) is 1. The summed E-state index contributed by atoms with van der Waals surface area (Å²) in [6.45, 7) is 2.49. The van der Waals surface area contributed by atoms with Crippen molar-refractivity contribution in [3.05, 3.63) is 11.1 Å². The molecule has 1 aliphatic rings. The van der Waals surface area contributed by atoms with Crippen molar-refractivity contribution in [2.24, 2.45) is 5.92 Å². The number of aromatic nitrogens is 1. The van der Waals surface area contributed by atoms with E-state index in [4.69, 9.17) is 9.84 Å². The van der Waals surface area contributed by atoms with E-state index in [1.54, 1.807) is 0 Å². The molecule has 1 aliphatic heterocycles. The Bertz CT molecular complexity index is 361. The molecule has 5 nitrogen and oxygen atoms in total. The van der Waals surface area contributed by atoms with Gasteiger partial charge in [0.1, 0.15) is 4.88 Å². The van der Waals surface area contributed by atoms with E-state index in [1.165, 1.54) is 17.5 Å². The first-order valence-electron chi connectivity index (χ1n) is 5.26. The quantitative estimate of drug-likeness (QED) is 0.840. The molecule has 0 spiro atoms. The minimum Gasteiger partial charge on any atom is -0.477 e. The number of ether oxygens (including phenoxy) is 1. The lowest BCUT2D eigenvalue weighted by molar-refractivity contribution is 0.0697. The molecule has 0 saturated carbocycles. The molecule has 1 fully saturated rings. The van der Waals surface area contributed by atoms with Crippen LogP contribution in [0.5, 0.6) is 0 Å². The first-order chi connectivity index (χ1) is 7.75. The van der Waals surface area contributed by atoms with Gasteiger partial charge >= 0.3 is 5.97 Å². The van der Waals surface area contributed by atoms with Crippen molar-refractivity contribution in [2.45, 2.75) is 12.8 Å². The Morgan fingerprint density at radius 1 is 1.62 bits per heavy atom. The van der Waals surface area contributed by atoms with Gasteiger partial charge in [0, 0.05) is 19.8 Å². The highest BCUT2D eigenvalue weighted by atomic mass is 32.1. The molecule has 0 amide bonds. The highest BCUT2D eigenvalue weighted by molar-refractivity contribution is 7.17. The molecule has 2 heterocycles. The Morgan fingerprint density at radius 3 is 3.00 bits per heavy atom. The summed E-state index contributed by atoms with van der Waals surface area (Å²) >= 11 is 1.18. The first-order valence-corrected chi connectivity index (χ1v) is 6.08. The fourth-order valence-corrected chi connectivity index (χ4v) is 2.30. The zero-order chi connectivity index (χ0) is 11.4. The standard InChI is InChI=1S/C10H14N2O3S/c13-9(14)8-6-12-10(16-8)11-5-7-1-3-15-4-2-7/h6-7H,1-5H2,(H,11,12)(H,13,14). The molecule has 16 heavy (non-hydrogen) atoms. The number of aromatic carboxylic acids is 1. The van der Waals surface area contributed by atoms with Gasteiger partial charge in [-0.25, -0.2) is 9.78 Å². The van der Waals surface area contributed by atoms with E-state index in [9.17, 15) is 4.79 Å². The third-order valence-electron chi connectivity index (χ3n) is 2.60. The molecule has 0 aromatic carbocycles. The van der Waals surface area contributed by atoms with Gasteiger partial charge in [0.05, 0.1) is 6.20 Å². The van der Waals surface area contributed by atoms with Crippen LogP contribution in [0.3, 0.4) is 0 Å². The Balaban J connectivity index is 1.81. The van der Waals surface area contributed by atoms with Crippen LogP contribution >= 0.6 is 11.3 Å². The maximum atomic E-state index is 10.6. The molecule has 1 aromatic heterocycles. The van der Waals surface area contributed by atoms with E-state index in [1.807, 2.05) is 0 Å². The SMILES string of the molecule is O=C(O)c1cnc(NCC2CCOCC2)s1. The molecule has 2 rings (SSSR count). The van der Waals surface area contributed by atoms with Gasteiger partial charge in [-0.15, -0.1) is 0 Å². The summed E-state index contributed by atoms with van der Waals surface area (Å²) in [6.07, 6.45) is 3.51. The second kappa shape index (κ2) is 5.27. The van der Waals surface area contributed by atoms with Gasteiger partial charge in [0.15, 0.2) is 5.13 Å². The predicted molar refractivity (Wildman–Crippen MR) is 61.1 cm³/mol. The van der Waals surface area contributed by atoms with E-state index in [-0.39, 0.29) is 4.88 Å². The molecule has 0 atom stereocenters. The first kappa shape index (κ1) is 11.3. The van der Waals surface area contributed by atoms with Crippen LogP contribution in [0.25, 0.3) is 0 Å². The van der Waals surface area contributed by atoms with Gasteiger partial charge in [-0.1, -0.05) is 11.3 Å². The van der Waals surface area contributed by atoms with E-state index < -0.39 is 5.97 Å². The number of carboxylic acids is 1. The average Bonchev–Trinajstić information content (AvgIpc) is 2.76. The van der Waals surface area contributed by atoms with Gasteiger partial charge in [-0.2, -0.15) is 0 Å². The molecular formula is C10H14N2O3S. The molecule has 0 radical (unpaired) electrons. The molecule has 1 saturated heterocycles. The van der Waals surface area contributed by atoms with Crippen LogP contribution in [0.4, 0.5) is 5.13 Å². The number of anilines is 1. The van der Waals surface area contributed by atoms with Crippen molar-refractivity contribution >= 4 is 22.4 Å². The van der Waals surface area contributed by atoms with E-state index in [0.29, 0.717) is 11.0 Å². The average molecular weight is 242 g/mol. The van der Waals surface area contributed by atoms with Gasteiger partial charge in [0.2, 0.25) is 0 Å². The molecule has 6 heteroatoms. The van der Waals surface area contributed by atoms with Crippen molar-refractivity contribution < 1.29 is 14.6 Å². The van der Waals surface area contributed by atoms with Gasteiger partial charge in [-0.3, -0.25) is 0 Å². The second-order valence-electron chi connectivity index (χ2n) is 3.77. The lowest BCUT2D eigenvalue weighted by Gasteiger charge is -2.21. The summed E-state index contributed by atoms with van der Waals surface area (Å²) in [4.78, 5) is 14.9. The van der Waals surface area contributed by atoms with Crippen LogP contribution < -0.4 is 5.32 Å². The summed E-state index contributed by atoms with van der Waals surface area (Å²) in [5.74, 6) is -0.317. The summed E-state index contributed by atoms with van der Waals surface area (Å²) in [5.41, 5.74) is 0. The number of nitrogens with one attached hydrogen (secondary N) is 1. The lowest BCUT2D eigenvalue weighted by atomic mass is 10.0. The zero-order valence-corrected chi connectivity index (χ0v) is 9.63. The van der Waals surface area contributed by atoms with E-state index in [0.717, 1.165) is 32.6 Å². The molecule has 0 unspecified atom stereocenters. The van der Waals surface area contributed by atoms with Crippen molar-refractivity contribution in [1.29, 1.82) is 0 Å². The van der Waals surface area contributed by atoms with Crippen molar-refractivity contribution in [3.63, 3.8) is 0 Å². The maximum Gasteiger partial charge on any atom is 0.347 e. The fraction of sp³-hybridized carbons (Fsp3) is 0.600. The monoisotopic (exact) mass is 242 g/mol. The predicted octanol–water partition coefficient (Wildman–Crippen LogP) is 1.68. The highest BCUT2D eigenvalue weighted by Crippen LogP contribution is 2.20. The largest absolute Gasteiger partial charge is 0.477 e. The van der Waals surface area contributed by atoms with E-state index >= 15 is 0 Å². The minimum atomic E-state index is -0.920. The summed E-state index contributed by atoms with van der Waals surface area (Å²) in [7, 11) is 0. The van der Waals surface area contributed by atoms with Crippen LogP contribution in [-0.2, 0) is 4.74 Å². The van der Waals surface area contributed by atoms with Crippen LogP contribution in [0.1, 0.15) is 22.5 Å². The number of hydrogen-bond acceptors (Lipinski definition) is 5. The van der Waals surface area contributed by atoms with Crippen molar-refractivity contribution in [1.82, 2.24) is 4.98 Å². The molecule has 0 bridgehead atoms. The lowest BCUT2D eigenvalue weighted by Crippen LogP contribution is -2.22. The molecule has 2 N–H and O–H groups in total. The zero-order valence-electron chi connectivity index (χ0n) is 8.81. The number of rotatable bonds is 4. The van der Waals surface area contributed by atoms with Crippen molar-refractivity contribution in [3.8, 4) is 0 Å². The van der Waals surface area contributed by atoms with E-state index in [2.05, 4.69) is 10.3 Å². The highest BCUT2D eigenvalue weighted by Gasteiger charge is 2.14. The third-order valence-corrected chi connectivity index (χ3v) is 3.54. The number of carbonyl (C=O) groups is 1. The van der Waals surface area contributed by atoms with Gasteiger partial charge in [0.25, 0.3) is 0 Å². The Hall–Kier alpha value is -1.14. The Kier molecular flexibility index (Phi) is 3.74. The van der Waals surface area contributed by atoms with Gasteiger partial charge < -0.3 is 15.2 Å². The van der Waals surface area contributed by atoms with Crippen LogP contribution in [-0.4, -0.2) is 35.8 Å². The van der Waals surface area contributed by atoms with Gasteiger partial charge in [-0.05, 0) is 18.8 Å². The molecule has 1 aromatic rings.